The van der Waals surface area contributed by atoms with E-state index in [9.17, 15) is 0 Å². The monoisotopic (exact) mass is 299 g/mol. The van der Waals surface area contributed by atoms with Crippen molar-refractivity contribution in [2.24, 2.45) is 5.73 Å². The van der Waals surface area contributed by atoms with Crippen molar-refractivity contribution in [3.05, 3.63) is 59.2 Å². The molecule has 0 aromatic heterocycles. The van der Waals surface area contributed by atoms with Crippen LogP contribution in [0.5, 0.6) is 11.5 Å². The Morgan fingerprint density at radius 3 is 2.36 bits per heavy atom. The lowest BCUT2D eigenvalue weighted by Crippen LogP contribution is -2.15. The molecular formula is C19H25NO2. The van der Waals surface area contributed by atoms with E-state index in [1.165, 1.54) is 11.1 Å². The van der Waals surface area contributed by atoms with Crippen molar-refractivity contribution in [1.82, 2.24) is 0 Å². The number of methoxy groups -OCH3 is 1. The number of hydrogen-bond donors (Lipinski definition) is 1. The van der Waals surface area contributed by atoms with Gasteiger partial charge in [0.2, 0.25) is 0 Å². The van der Waals surface area contributed by atoms with Crippen molar-refractivity contribution in [3.63, 3.8) is 0 Å². The van der Waals surface area contributed by atoms with Gasteiger partial charge in [0.15, 0.2) is 0 Å². The van der Waals surface area contributed by atoms with Gasteiger partial charge >= 0.3 is 0 Å². The molecule has 0 aliphatic heterocycles. The van der Waals surface area contributed by atoms with Crippen molar-refractivity contribution in [2.75, 3.05) is 20.3 Å². The van der Waals surface area contributed by atoms with E-state index in [0.29, 0.717) is 19.1 Å². The Bertz CT molecular complexity index is 593. The molecule has 0 saturated carbocycles. The highest BCUT2D eigenvalue weighted by Gasteiger charge is 2.12. The van der Waals surface area contributed by atoms with Gasteiger partial charge in [0.05, 0.1) is 13.7 Å². The molecule has 22 heavy (non-hydrogen) atoms. The van der Waals surface area contributed by atoms with Crippen molar-refractivity contribution in [3.8, 4) is 11.5 Å². The Balaban J connectivity index is 2.14. The maximum absolute atomic E-state index is 6.00. The lowest BCUT2D eigenvalue weighted by molar-refractivity contribution is 0.337. The lowest BCUT2D eigenvalue weighted by Gasteiger charge is -2.17. The van der Waals surface area contributed by atoms with Crippen LogP contribution < -0.4 is 15.2 Å². The number of hydrogen-bond acceptors (Lipinski definition) is 3. The fraction of sp³-hybridized carbons (Fsp3) is 0.368. The lowest BCUT2D eigenvalue weighted by atomic mass is 9.91. The number of ether oxygens (including phenoxy) is 2. The van der Waals surface area contributed by atoms with E-state index in [2.05, 4.69) is 31.2 Å². The Kier molecular flexibility index (Phi) is 5.84. The molecule has 3 nitrogen and oxygen atoms in total. The van der Waals surface area contributed by atoms with Crippen LogP contribution in [0.2, 0.25) is 0 Å². The van der Waals surface area contributed by atoms with Crippen LogP contribution in [0.1, 0.15) is 29.5 Å². The zero-order valence-electron chi connectivity index (χ0n) is 13.6. The maximum Gasteiger partial charge on any atom is 0.122 e. The summed E-state index contributed by atoms with van der Waals surface area (Å²) in [5.41, 5.74) is 9.69. The Labute approximate surface area is 133 Å². The molecule has 0 amide bonds. The zero-order valence-corrected chi connectivity index (χ0v) is 13.6. The van der Waals surface area contributed by atoms with Crippen molar-refractivity contribution in [2.45, 2.75) is 26.2 Å². The molecule has 118 valence electrons. The normalized spacial score (nSPS) is 12.0. The quantitative estimate of drug-likeness (QED) is 0.848. The van der Waals surface area contributed by atoms with Gasteiger partial charge in [-0.05, 0) is 61.7 Å². The van der Waals surface area contributed by atoms with Gasteiger partial charge < -0.3 is 15.2 Å². The second kappa shape index (κ2) is 7.85. The molecule has 0 aliphatic carbocycles. The topological polar surface area (TPSA) is 44.5 Å². The van der Waals surface area contributed by atoms with Gasteiger partial charge in [0.25, 0.3) is 0 Å². The summed E-state index contributed by atoms with van der Waals surface area (Å²) >= 11 is 0. The summed E-state index contributed by atoms with van der Waals surface area (Å²) in [7, 11) is 1.68. The standard InChI is InChI=1S/C19H25NO2/c1-4-22-19-10-7-16(11-14(19)2)17(13-20)12-15-5-8-18(21-3)9-6-15/h5-11,17H,4,12-13,20H2,1-3H3. The van der Waals surface area contributed by atoms with Crippen LogP contribution in [0, 0.1) is 6.92 Å². The molecule has 1 unspecified atom stereocenters. The first kappa shape index (κ1) is 16.4. The van der Waals surface area contributed by atoms with Crippen LogP contribution in [0.15, 0.2) is 42.5 Å². The molecule has 2 N–H and O–H groups in total. The summed E-state index contributed by atoms with van der Waals surface area (Å²) in [6.07, 6.45) is 0.925. The van der Waals surface area contributed by atoms with E-state index >= 15 is 0 Å². The van der Waals surface area contributed by atoms with E-state index in [4.69, 9.17) is 15.2 Å². The Morgan fingerprint density at radius 1 is 1.09 bits per heavy atom. The van der Waals surface area contributed by atoms with Gasteiger partial charge in [0, 0.05) is 5.92 Å². The molecule has 0 aliphatic rings. The van der Waals surface area contributed by atoms with E-state index in [1.54, 1.807) is 7.11 Å². The third kappa shape index (κ3) is 4.01. The molecule has 0 saturated heterocycles. The summed E-state index contributed by atoms with van der Waals surface area (Å²) in [5, 5.41) is 0. The van der Waals surface area contributed by atoms with Gasteiger partial charge in [0.1, 0.15) is 11.5 Å². The van der Waals surface area contributed by atoms with Gasteiger partial charge in [-0.15, -0.1) is 0 Å². The smallest absolute Gasteiger partial charge is 0.122 e. The minimum atomic E-state index is 0.308. The van der Waals surface area contributed by atoms with Crippen molar-refractivity contribution in [1.29, 1.82) is 0 Å². The van der Waals surface area contributed by atoms with Crippen molar-refractivity contribution >= 4 is 0 Å². The van der Waals surface area contributed by atoms with E-state index in [1.807, 2.05) is 25.1 Å². The minimum absolute atomic E-state index is 0.308. The number of aryl methyl sites for hydroxylation is 1. The number of nitrogens with two attached hydrogens (primary N) is 1. The van der Waals surface area contributed by atoms with E-state index < -0.39 is 0 Å². The average Bonchev–Trinajstić information content (AvgIpc) is 2.55. The molecule has 3 heteroatoms. The first-order chi connectivity index (χ1) is 10.7. The summed E-state index contributed by atoms with van der Waals surface area (Å²) in [4.78, 5) is 0. The first-order valence-corrected chi connectivity index (χ1v) is 7.74. The summed E-state index contributed by atoms with van der Waals surface area (Å²) in [6.45, 7) is 5.39. The van der Waals surface area contributed by atoms with Crippen LogP contribution in [0.3, 0.4) is 0 Å². The second-order valence-electron chi connectivity index (χ2n) is 5.44. The molecule has 0 spiro atoms. The molecule has 0 fully saturated rings. The van der Waals surface area contributed by atoms with Crippen LogP contribution in [-0.2, 0) is 6.42 Å². The van der Waals surface area contributed by atoms with E-state index in [0.717, 1.165) is 23.5 Å². The van der Waals surface area contributed by atoms with Gasteiger partial charge in [-0.2, -0.15) is 0 Å². The third-order valence-corrected chi connectivity index (χ3v) is 3.90. The molecule has 2 rings (SSSR count). The number of rotatable bonds is 7. The predicted molar refractivity (Wildman–Crippen MR) is 90.8 cm³/mol. The molecule has 1 atom stereocenters. The highest BCUT2D eigenvalue weighted by atomic mass is 16.5. The van der Waals surface area contributed by atoms with Gasteiger partial charge in [-0.1, -0.05) is 24.3 Å². The second-order valence-corrected chi connectivity index (χ2v) is 5.44. The third-order valence-electron chi connectivity index (χ3n) is 3.90. The number of benzene rings is 2. The first-order valence-electron chi connectivity index (χ1n) is 7.74. The van der Waals surface area contributed by atoms with Crippen LogP contribution >= 0.6 is 0 Å². The Hall–Kier alpha value is -2.00. The van der Waals surface area contributed by atoms with Crippen molar-refractivity contribution < 1.29 is 9.47 Å². The minimum Gasteiger partial charge on any atom is -0.497 e. The summed E-state index contributed by atoms with van der Waals surface area (Å²) in [5.74, 6) is 2.14. The predicted octanol–water partition coefficient (Wildman–Crippen LogP) is 3.69. The Morgan fingerprint density at radius 2 is 1.82 bits per heavy atom. The fourth-order valence-electron chi connectivity index (χ4n) is 2.63. The largest absolute Gasteiger partial charge is 0.497 e. The zero-order chi connectivity index (χ0) is 15.9. The molecule has 2 aromatic rings. The van der Waals surface area contributed by atoms with Crippen LogP contribution in [0.4, 0.5) is 0 Å². The highest BCUT2D eigenvalue weighted by Crippen LogP contribution is 2.26. The van der Waals surface area contributed by atoms with Gasteiger partial charge in [-0.25, -0.2) is 0 Å². The molecule has 0 bridgehead atoms. The van der Waals surface area contributed by atoms with E-state index in [-0.39, 0.29) is 0 Å². The summed E-state index contributed by atoms with van der Waals surface area (Å²) in [6, 6.07) is 14.5. The van der Waals surface area contributed by atoms with Crippen LogP contribution in [-0.4, -0.2) is 20.3 Å². The maximum atomic E-state index is 6.00. The SMILES string of the molecule is CCOc1ccc(C(CN)Cc2ccc(OC)cc2)cc1C. The van der Waals surface area contributed by atoms with Crippen LogP contribution in [0.25, 0.3) is 0 Å². The van der Waals surface area contributed by atoms with Gasteiger partial charge in [-0.3, -0.25) is 0 Å². The fourth-order valence-corrected chi connectivity index (χ4v) is 2.63. The molecule has 0 heterocycles. The molecule has 2 aromatic carbocycles. The average molecular weight is 299 g/mol. The molecular weight excluding hydrogens is 274 g/mol. The summed E-state index contributed by atoms with van der Waals surface area (Å²) < 4.78 is 10.8. The molecule has 0 radical (unpaired) electrons. The highest BCUT2D eigenvalue weighted by molar-refractivity contribution is 5.38.